The van der Waals surface area contributed by atoms with Gasteiger partial charge in [0, 0.05) is 0 Å². The fourth-order valence-corrected chi connectivity index (χ4v) is 0.929. The van der Waals surface area contributed by atoms with Crippen LogP contribution >= 0.6 is 0 Å². The quantitative estimate of drug-likeness (QED) is 0.604. The highest BCUT2D eigenvalue weighted by molar-refractivity contribution is 7.51. The maximum atomic E-state index is 10.8. The van der Waals surface area contributed by atoms with Gasteiger partial charge in [-0.2, -0.15) is 0 Å². The molecule has 0 aliphatic carbocycles. The minimum Gasteiger partial charge on any atom is -0.481 e. The van der Waals surface area contributed by atoms with Crippen LogP contribution in [0.1, 0.15) is 6.92 Å². The molecule has 1 atom stereocenters. The minimum absolute atomic E-state index is 0.0498. The lowest BCUT2D eigenvalue weighted by Crippen LogP contribution is -3.04. The number of benzene rings is 1. The van der Waals surface area contributed by atoms with Crippen LogP contribution < -0.4 is 4.31 Å². The van der Waals surface area contributed by atoms with Crippen LogP contribution in [0.15, 0.2) is 30.3 Å². The first-order valence-electron chi connectivity index (χ1n) is 3.32. The summed E-state index contributed by atoms with van der Waals surface area (Å²) in [5.74, 6) is -0.0498. The average molecular weight is 167 g/mol. The molecule has 0 aliphatic heterocycles. The highest BCUT2D eigenvalue weighted by atomic mass is 32.1. The Labute approximate surface area is 71.4 Å². The molecule has 1 aromatic rings. The predicted octanol–water partition coefficient (Wildman–Crippen LogP) is 0.211. The molecule has 0 fully saturated rings. The molecular formula is C8H9NOS. The van der Waals surface area contributed by atoms with Crippen molar-refractivity contribution in [3.05, 3.63) is 30.3 Å². The zero-order valence-electron chi connectivity index (χ0n) is 6.20. The highest BCUT2D eigenvalue weighted by Crippen LogP contribution is 1.97. The number of rotatable bonds is 1. The van der Waals surface area contributed by atoms with Crippen molar-refractivity contribution in [2.75, 3.05) is 0 Å². The molecule has 0 saturated heterocycles. The van der Waals surface area contributed by atoms with Gasteiger partial charge in [0.05, 0.1) is 6.92 Å². The van der Waals surface area contributed by atoms with E-state index in [1.54, 1.807) is 0 Å². The summed E-state index contributed by atoms with van der Waals surface area (Å²) < 4.78 is 0.408. The zero-order chi connectivity index (χ0) is 8.27. The monoisotopic (exact) mass is 167 g/mol. The zero-order valence-corrected chi connectivity index (χ0v) is 7.02. The summed E-state index contributed by atoms with van der Waals surface area (Å²) >= 11 is 4.89. The lowest BCUT2D eigenvalue weighted by Gasteiger charge is -2.17. The fourth-order valence-electron chi connectivity index (χ4n) is 0.793. The predicted molar refractivity (Wildman–Crippen MR) is 45.1 cm³/mol. The Morgan fingerprint density at radius 1 is 1.36 bits per heavy atom. The largest absolute Gasteiger partial charge is 0.481 e. The Kier molecular flexibility index (Phi) is 2.68. The molecule has 0 aromatic heterocycles. The molecule has 11 heavy (non-hydrogen) atoms. The number of para-hydroxylation sites is 1. The molecule has 1 aromatic carbocycles. The molecular weight excluding hydrogens is 158 g/mol. The molecule has 0 radical (unpaired) electrons. The normalized spacial score (nSPS) is 12.5. The van der Waals surface area contributed by atoms with Gasteiger partial charge in [0.1, 0.15) is 5.69 Å². The number of carbonyl (C=O) groups excluding carboxylic acids is 1. The van der Waals surface area contributed by atoms with E-state index in [1.165, 1.54) is 6.92 Å². The molecule has 0 heterocycles. The number of hydrogen-bond donors (Lipinski definition) is 1. The van der Waals surface area contributed by atoms with Crippen LogP contribution in [0.5, 0.6) is 0 Å². The van der Waals surface area contributed by atoms with Gasteiger partial charge in [0.15, 0.2) is 0 Å². The van der Waals surface area contributed by atoms with Crippen molar-refractivity contribution in [1.29, 1.82) is 0 Å². The van der Waals surface area contributed by atoms with Crippen LogP contribution in [0.4, 0.5) is 5.69 Å². The molecule has 2 nitrogen and oxygen atoms in total. The summed E-state index contributed by atoms with van der Waals surface area (Å²) in [6.07, 6.45) is 0. The van der Waals surface area contributed by atoms with Crippen LogP contribution in [0.25, 0.3) is 0 Å². The number of amides is 1. The third kappa shape index (κ3) is 2.06. The lowest BCUT2D eigenvalue weighted by atomic mass is 10.3. The summed E-state index contributed by atoms with van der Waals surface area (Å²) in [5.41, 5.74) is 0.829. The Hall–Kier alpha value is -0.800. The Morgan fingerprint density at radius 3 is 2.36 bits per heavy atom. The molecule has 1 rings (SSSR count). The van der Waals surface area contributed by atoms with E-state index in [4.69, 9.17) is 12.8 Å². The van der Waals surface area contributed by atoms with Gasteiger partial charge in [-0.1, -0.05) is 18.2 Å². The van der Waals surface area contributed by atoms with E-state index >= 15 is 0 Å². The van der Waals surface area contributed by atoms with Crippen LogP contribution in [-0.4, -0.2) is 5.91 Å². The standard InChI is InChI=1S/C8H9NOS/c1-7(10)9(11)8-5-3-2-4-6-8/h2-6,9H,1H3. The number of carbonyl (C=O) groups is 1. The van der Waals surface area contributed by atoms with Crippen molar-refractivity contribution < 1.29 is 9.10 Å². The third-order valence-electron chi connectivity index (χ3n) is 1.36. The van der Waals surface area contributed by atoms with Gasteiger partial charge in [0.25, 0.3) is 5.91 Å². The van der Waals surface area contributed by atoms with E-state index in [-0.39, 0.29) is 5.91 Å². The van der Waals surface area contributed by atoms with Crippen molar-refractivity contribution in [3.63, 3.8) is 0 Å². The highest BCUT2D eigenvalue weighted by Gasteiger charge is 2.02. The van der Waals surface area contributed by atoms with E-state index in [0.29, 0.717) is 4.31 Å². The molecule has 0 saturated carbocycles. The maximum Gasteiger partial charge on any atom is 0.296 e. The first-order valence-corrected chi connectivity index (χ1v) is 3.73. The van der Waals surface area contributed by atoms with Gasteiger partial charge in [-0.3, -0.25) is 0 Å². The van der Waals surface area contributed by atoms with E-state index in [2.05, 4.69) is 0 Å². The van der Waals surface area contributed by atoms with E-state index < -0.39 is 0 Å². The molecule has 1 N–H and O–H groups in total. The van der Waals surface area contributed by atoms with Crippen molar-refractivity contribution in [3.8, 4) is 0 Å². The smallest absolute Gasteiger partial charge is 0.296 e. The van der Waals surface area contributed by atoms with Gasteiger partial charge in [-0.15, -0.1) is 0 Å². The van der Waals surface area contributed by atoms with Crippen LogP contribution in [0.2, 0.25) is 0 Å². The minimum atomic E-state index is -0.0498. The molecule has 3 heteroatoms. The average Bonchev–Trinajstić information content (AvgIpc) is 2.05. The summed E-state index contributed by atoms with van der Waals surface area (Å²) in [5, 5.41) is 0. The van der Waals surface area contributed by atoms with Gasteiger partial charge >= 0.3 is 0 Å². The molecule has 58 valence electrons. The third-order valence-corrected chi connectivity index (χ3v) is 1.88. The molecule has 1 amide bonds. The van der Waals surface area contributed by atoms with Gasteiger partial charge in [-0.05, 0) is 12.1 Å². The molecule has 1 unspecified atom stereocenters. The Balaban J connectivity index is 2.85. The molecule has 0 spiro atoms. The summed E-state index contributed by atoms with van der Waals surface area (Å²) in [4.78, 5) is 10.8. The topological polar surface area (TPSA) is 21.5 Å². The second kappa shape index (κ2) is 3.55. The second-order valence-corrected chi connectivity index (χ2v) is 2.66. The Morgan fingerprint density at radius 2 is 1.91 bits per heavy atom. The first kappa shape index (κ1) is 8.30. The molecule has 0 bridgehead atoms. The summed E-state index contributed by atoms with van der Waals surface area (Å²) in [6.45, 7) is 1.48. The van der Waals surface area contributed by atoms with E-state index in [1.807, 2.05) is 30.3 Å². The number of nitrogens with one attached hydrogen (secondary N) is 1. The second-order valence-electron chi connectivity index (χ2n) is 2.25. The van der Waals surface area contributed by atoms with E-state index in [9.17, 15) is 4.79 Å². The fraction of sp³-hybridized carbons (Fsp3) is 0.125. The van der Waals surface area contributed by atoms with Crippen LogP contribution in [-0.2, 0) is 17.6 Å². The Bertz CT molecular complexity index is 248. The van der Waals surface area contributed by atoms with Gasteiger partial charge in [-0.25, -0.2) is 4.79 Å². The number of hydrogen-bond acceptors (Lipinski definition) is 2. The van der Waals surface area contributed by atoms with Gasteiger partial charge in [0.2, 0.25) is 0 Å². The number of quaternary nitrogens is 1. The SMILES string of the molecule is CC(=O)[NH+]([S-])c1ccccc1. The van der Waals surface area contributed by atoms with Crippen molar-refractivity contribution >= 4 is 24.4 Å². The van der Waals surface area contributed by atoms with Crippen molar-refractivity contribution in [2.24, 2.45) is 0 Å². The summed E-state index contributed by atoms with van der Waals surface area (Å²) in [7, 11) is 0. The first-order chi connectivity index (χ1) is 5.22. The summed E-state index contributed by atoms with van der Waals surface area (Å²) in [6, 6.07) is 9.30. The van der Waals surface area contributed by atoms with Crippen LogP contribution in [0, 0.1) is 0 Å². The van der Waals surface area contributed by atoms with Crippen molar-refractivity contribution in [1.82, 2.24) is 0 Å². The molecule has 0 aliphatic rings. The van der Waals surface area contributed by atoms with E-state index in [0.717, 1.165) is 5.69 Å². The van der Waals surface area contributed by atoms with Crippen LogP contribution in [0.3, 0.4) is 0 Å². The van der Waals surface area contributed by atoms with Gasteiger partial charge < -0.3 is 17.1 Å². The lowest BCUT2D eigenvalue weighted by molar-refractivity contribution is -0.584. The van der Waals surface area contributed by atoms with Crippen molar-refractivity contribution in [2.45, 2.75) is 6.92 Å². The maximum absolute atomic E-state index is 10.8.